The Labute approximate surface area is 102 Å². The van der Waals surface area contributed by atoms with Gasteiger partial charge < -0.3 is 20.4 Å². The van der Waals surface area contributed by atoms with E-state index in [-0.39, 0.29) is 25.0 Å². The summed E-state index contributed by atoms with van der Waals surface area (Å²) in [4.78, 5) is 13.8. The van der Waals surface area contributed by atoms with Crippen LogP contribution in [0.3, 0.4) is 0 Å². The summed E-state index contributed by atoms with van der Waals surface area (Å²) < 4.78 is 0. The number of β-amino-alcohol motifs (C(OH)–C–C–N with tert-alkyl or cyclic N) is 2. The third-order valence-electron chi connectivity index (χ3n) is 3.75. The highest BCUT2D eigenvalue weighted by molar-refractivity contribution is 5.82. The van der Waals surface area contributed by atoms with Crippen LogP contribution in [-0.4, -0.2) is 58.4 Å². The van der Waals surface area contributed by atoms with E-state index in [1.165, 1.54) is 0 Å². The van der Waals surface area contributed by atoms with Crippen molar-refractivity contribution in [3.63, 3.8) is 0 Å². The number of amides is 1. The second-order valence-corrected chi connectivity index (χ2v) is 5.57. The molecule has 0 aromatic heterocycles. The summed E-state index contributed by atoms with van der Waals surface area (Å²) in [6, 6.07) is 0.191. The maximum atomic E-state index is 12.2. The van der Waals surface area contributed by atoms with Gasteiger partial charge in [-0.05, 0) is 25.7 Å². The first-order chi connectivity index (χ1) is 7.97. The van der Waals surface area contributed by atoms with Crippen molar-refractivity contribution in [2.24, 2.45) is 5.92 Å². The summed E-state index contributed by atoms with van der Waals surface area (Å²) in [5, 5.41) is 22.2. The first-order valence-corrected chi connectivity index (χ1v) is 6.38. The Balaban J connectivity index is 1.96. The fourth-order valence-electron chi connectivity index (χ4n) is 2.92. The zero-order valence-corrected chi connectivity index (χ0v) is 10.5. The average molecular weight is 242 g/mol. The number of aliphatic hydroxyl groups excluding tert-OH is 2. The van der Waals surface area contributed by atoms with E-state index in [0.29, 0.717) is 12.0 Å². The minimum atomic E-state index is -0.794. The first-order valence-electron chi connectivity index (χ1n) is 6.38. The van der Waals surface area contributed by atoms with E-state index in [9.17, 15) is 15.0 Å². The van der Waals surface area contributed by atoms with E-state index in [0.717, 1.165) is 12.8 Å². The Morgan fingerprint density at radius 3 is 2.29 bits per heavy atom. The fourth-order valence-corrected chi connectivity index (χ4v) is 2.92. The van der Waals surface area contributed by atoms with Gasteiger partial charge in [-0.3, -0.25) is 4.79 Å². The predicted molar refractivity (Wildman–Crippen MR) is 63.4 cm³/mol. The minimum Gasteiger partial charge on any atom is -0.388 e. The minimum absolute atomic E-state index is 0.0130. The molecule has 5 nitrogen and oxygen atoms in total. The summed E-state index contributed by atoms with van der Waals surface area (Å²) in [6.45, 7) is 4.75. The number of rotatable bonds is 1. The molecule has 0 aliphatic carbocycles. The lowest BCUT2D eigenvalue weighted by Crippen LogP contribution is -2.52. The smallest absolute Gasteiger partial charge is 0.239 e. The Morgan fingerprint density at radius 1 is 1.18 bits per heavy atom. The van der Waals surface area contributed by atoms with E-state index in [1.54, 1.807) is 4.90 Å². The van der Waals surface area contributed by atoms with E-state index < -0.39 is 12.2 Å². The lowest BCUT2D eigenvalue weighted by Gasteiger charge is -2.34. The van der Waals surface area contributed by atoms with Crippen LogP contribution in [0.1, 0.15) is 26.7 Å². The molecule has 0 aromatic carbocycles. The molecule has 0 spiro atoms. The normalized spacial score (nSPS) is 42.8. The van der Waals surface area contributed by atoms with E-state index >= 15 is 0 Å². The molecule has 98 valence electrons. The fraction of sp³-hybridized carbons (Fsp3) is 0.917. The van der Waals surface area contributed by atoms with Gasteiger partial charge in [0, 0.05) is 19.1 Å². The number of likely N-dealkylation sites (tertiary alicyclic amines) is 1. The van der Waals surface area contributed by atoms with Gasteiger partial charge in [-0.15, -0.1) is 0 Å². The summed E-state index contributed by atoms with van der Waals surface area (Å²) >= 11 is 0. The maximum Gasteiger partial charge on any atom is 0.239 e. The lowest BCUT2D eigenvalue weighted by molar-refractivity contribution is -0.134. The standard InChI is InChI=1S/C12H22N2O3/c1-7-3-8(2)13-9(4-7)12(17)14-5-10(15)11(16)6-14/h7-11,13,15-16H,3-6H2,1-2H3. The largest absolute Gasteiger partial charge is 0.388 e. The molecule has 17 heavy (non-hydrogen) atoms. The van der Waals surface area contributed by atoms with Gasteiger partial charge in [0.15, 0.2) is 0 Å². The van der Waals surface area contributed by atoms with Crippen molar-refractivity contribution in [3.05, 3.63) is 0 Å². The average Bonchev–Trinajstić information content (AvgIpc) is 2.57. The number of hydrogen-bond donors (Lipinski definition) is 3. The Hall–Kier alpha value is -0.650. The molecule has 2 aliphatic heterocycles. The van der Waals surface area contributed by atoms with Crippen molar-refractivity contribution in [2.75, 3.05) is 13.1 Å². The Morgan fingerprint density at radius 2 is 1.76 bits per heavy atom. The van der Waals surface area contributed by atoms with Crippen LogP contribution in [0.4, 0.5) is 0 Å². The molecule has 5 unspecified atom stereocenters. The molecular weight excluding hydrogens is 220 g/mol. The third kappa shape index (κ3) is 2.78. The van der Waals surface area contributed by atoms with Crippen LogP contribution in [0.15, 0.2) is 0 Å². The van der Waals surface area contributed by atoms with Crippen molar-refractivity contribution in [3.8, 4) is 0 Å². The number of carbonyl (C=O) groups is 1. The molecule has 0 radical (unpaired) electrons. The van der Waals surface area contributed by atoms with Crippen molar-refractivity contribution in [2.45, 2.75) is 51.0 Å². The zero-order chi connectivity index (χ0) is 12.6. The van der Waals surface area contributed by atoms with Crippen LogP contribution < -0.4 is 5.32 Å². The number of carbonyl (C=O) groups excluding carboxylic acids is 1. The van der Waals surface area contributed by atoms with Gasteiger partial charge in [-0.1, -0.05) is 6.92 Å². The van der Waals surface area contributed by atoms with Gasteiger partial charge >= 0.3 is 0 Å². The summed E-state index contributed by atoms with van der Waals surface area (Å²) in [7, 11) is 0. The van der Waals surface area contributed by atoms with Crippen molar-refractivity contribution < 1.29 is 15.0 Å². The molecule has 2 heterocycles. The molecule has 0 aromatic rings. The van der Waals surface area contributed by atoms with E-state index in [1.807, 2.05) is 0 Å². The molecule has 0 saturated carbocycles. The zero-order valence-electron chi connectivity index (χ0n) is 10.5. The first kappa shape index (κ1) is 12.8. The summed E-state index contributed by atoms with van der Waals surface area (Å²) in [5.74, 6) is 0.552. The van der Waals surface area contributed by atoms with Crippen LogP contribution >= 0.6 is 0 Å². The van der Waals surface area contributed by atoms with Gasteiger partial charge in [-0.2, -0.15) is 0 Å². The van der Waals surface area contributed by atoms with Crippen LogP contribution in [0.2, 0.25) is 0 Å². The van der Waals surface area contributed by atoms with Crippen LogP contribution in [0, 0.1) is 5.92 Å². The molecule has 2 rings (SSSR count). The monoisotopic (exact) mass is 242 g/mol. The predicted octanol–water partition coefficient (Wildman–Crippen LogP) is -0.673. The third-order valence-corrected chi connectivity index (χ3v) is 3.75. The summed E-state index contributed by atoms with van der Waals surface area (Å²) in [5.41, 5.74) is 0. The lowest BCUT2D eigenvalue weighted by atomic mass is 9.89. The van der Waals surface area contributed by atoms with Gasteiger partial charge in [0.1, 0.15) is 0 Å². The van der Waals surface area contributed by atoms with Gasteiger partial charge in [0.05, 0.1) is 18.2 Å². The van der Waals surface area contributed by atoms with Gasteiger partial charge in [0.25, 0.3) is 0 Å². The molecule has 5 heteroatoms. The number of aliphatic hydroxyl groups is 2. The molecule has 0 bridgehead atoms. The van der Waals surface area contributed by atoms with E-state index in [4.69, 9.17) is 0 Å². The van der Waals surface area contributed by atoms with Crippen molar-refractivity contribution in [1.29, 1.82) is 0 Å². The van der Waals surface area contributed by atoms with Crippen molar-refractivity contribution in [1.82, 2.24) is 10.2 Å². The second-order valence-electron chi connectivity index (χ2n) is 5.57. The SMILES string of the molecule is CC1CC(C)NC(C(=O)N2CC(O)C(O)C2)C1. The molecule has 1 amide bonds. The molecule has 2 aliphatic rings. The number of hydrogen-bond acceptors (Lipinski definition) is 4. The number of nitrogens with zero attached hydrogens (tertiary/aromatic N) is 1. The number of nitrogens with one attached hydrogen (secondary N) is 1. The Bertz CT molecular complexity index is 277. The topological polar surface area (TPSA) is 72.8 Å². The van der Waals surface area contributed by atoms with Crippen LogP contribution in [-0.2, 0) is 4.79 Å². The van der Waals surface area contributed by atoms with Crippen LogP contribution in [0.5, 0.6) is 0 Å². The van der Waals surface area contributed by atoms with Gasteiger partial charge in [0.2, 0.25) is 5.91 Å². The van der Waals surface area contributed by atoms with Crippen LogP contribution in [0.25, 0.3) is 0 Å². The van der Waals surface area contributed by atoms with Crippen molar-refractivity contribution >= 4 is 5.91 Å². The molecule has 2 saturated heterocycles. The quantitative estimate of drug-likeness (QED) is 0.570. The number of piperidine rings is 1. The highest BCUT2D eigenvalue weighted by Gasteiger charge is 2.37. The van der Waals surface area contributed by atoms with E-state index in [2.05, 4.69) is 19.2 Å². The molecule has 3 N–H and O–H groups in total. The second kappa shape index (κ2) is 4.92. The van der Waals surface area contributed by atoms with Gasteiger partial charge in [-0.25, -0.2) is 0 Å². The molecule has 5 atom stereocenters. The highest BCUT2D eigenvalue weighted by atomic mass is 16.3. The highest BCUT2D eigenvalue weighted by Crippen LogP contribution is 2.22. The Kier molecular flexibility index (Phi) is 3.70. The maximum absolute atomic E-state index is 12.2. The molecule has 2 fully saturated rings. The molecular formula is C12H22N2O3. The summed E-state index contributed by atoms with van der Waals surface area (Å²) in [6.07, 6.45) is 0.343.